The van der Waals surface area contributed by atoms with Crippen molar-refractivity contribution in [1.82, 2.24) is 14.9 Å². The lowest BCUT2D eigenvalue weighted by atomic mass is 10.1. The number of rotatable bonds is 6. The zero-order valence-electron chi connectivity index (χ0n) is 17.6. The van der Waals surface area contributed by atoms with Crippen LogP contribution in [0.2, 0.25) is 0 Å². The number of nitrogens with zero attached hydrogens (tertiary/aromatic N) is 2. The minimum atomic E-state index is -0.883. The van der Waals surface area contributed by atoms with Crippen molar-refractivity contribution in [1.29, 1.82) is 0 Å². The first-order valence-electron chi connectivity index (χ1n) is 10.2. The van der Waals surface area contributed by atoms with Crippen molar-refractivity contribution < 1.29 is 23.5 Å². The zero-order valence-corrected chi connectivity index (χ0v) is 17.6. The third kappa shape index (κ3) is 4.67. The molecule has 4 rings (SSSR count). The Hall–Kier alpha value is -4.27. The van der Waals surface area contributed by atoms with Crippen LogP contribution in [0.5, 0.6) is 5.75 Å². The molecule has 168 valence electrons. The standard InChI is InChI=1S/C24H20F2N4O3/c1-2-30-20-6-4-3-5-19(20)29-22(30)13-27-24(33)18-8-7-17(12-21(18)31)28-23(32)14-9-15(25)11-16(26)10-14/h3-12,31H,2,13H2,1H3,(H,27,33)(H,28,32). The monoisotopic (exact) mass is 450 g/mol. The highest BCUT2D eigenvalue weighted by atomic mass is 19.1. The van der Waals surface area contributed by atoms with Crippen LogP contribution in [0, 0.1) is 11.6 Å². The Morgan fingerprint density at radius 3 is 2.42 bits per heavy atom. The smallest absolute Gasteiger partial charge is 0.255 e. The number of benzene rings is 3. The lowest BCUT2D eigenvalue weighted by molar-refractivity contribution is 0.0946. The molecule has 0 unspecified atom stereocenters. The van der Waals surface area contributed by atoms with E-state index in [4.69, 9.17) is 0 Å². The SMILES string of the molecule is CCn1c(CNC(=O)c2ccc(NC(=O)c3cc(F)cc(F)c3)cc2O)nc2ccccc21. The lowest BCUT2D eigenvalue weighted by Gasteiger charge is -2.11. The van der Waals surface area contributed by atoms with Gasteiger partial charge in [0.05, 0.1) is 23.1 Å². The lowest BCUT2D eigenvalue weighted by Crippen LogP contribution is -2.25. The summed E-state index contributed by atoms with van der Waals surface area (Å²) in [6, 6.07) is 14.0. The second-order valence-electron chi connectivity index (χ2n) is 7.29. The fraction of sp³-hybridized carbons (Fsp3) is 0.125. The minimum absolute atomic E-state index is 0.00367. The highest BCUT2D eigenvalue weighted by molar-refractivity contribution is 6.05. The number of hydrogen-bond donors (Lipinski definition) is 3. The van der Waals surface area contributed by atoms with Crippen molar-refractivity contribution in [3.63, 3.8) is 0 Å². The van der Waals surface area contributed by atoms with Gasteiger partial charge in [-0.15, -0.1) is 0 Å². The molecule has 0 saturated carbocycles. The van der Waals surface area contributed by atoms with Crippen LogP contribution in [-0.4, -0.2) is 26.5 Å². The molecule has 1 heterocycles. The van der Waals surface area contributed by atoms with Gasteiger partial charge in [-0.3, -0.25) is 9.59 Å². The molecule has 0 saturated heterocycles. The summed E-state index contributed by atoms with van der Waals surface area (Å²) in [5.74, 6) is -2.73. The third-order valence-corrected chi connectivity index (χ3v) is 5.08. The summed E-state index contributed by atoms with van der Waals surface area (Å²) in [4.78, 5) is 29.4. The zero-order chi connectivity index (χ0) is 23.5. The molecule has 0 bridgehead atoms. The van der Waals surface area contributed by atoms with Gasteiger partial charge < -0.3 is 20.3 Å². The maximum Gasteiger partial charge on any atom is 0.255 e. The Bertz CT molecular complexity index is 1350. The fourth-order valence-corrected chi connectivity index (χ4v) is 3.56. The number of carbonyl (C=O) groups excluding carboxylic acids is 2. The summed E-state index contributed by atoms with van der Waals surface area (Å²) in [6.07, 6.45) is 0. The van der Waals surface area contributed by atoms with E-state index in [1.165, 1.54) is 18.2 Å². The van der Waals surface area contributed by atoms with Gasteiger partial charge in [-0.2, -0.15) is 0 Å². The molecule has 3 N–H and O–H groups in total. The Kier molecular flexibility index (Phi) is 6.03. The van der Waals surface area contributed by atoms with E-state index in [2.05, 4.69) is 15.6 Å². The summed E-state index contributed by atoms with van der Waals surface area (Å²) in [7, 11) is 0. The molecule has 4 aromatic rings. The number of amides is 2. The van der Waals surface area contributed by atoms with Gasteiger partial charge in [0.15, 0.2) is 0 Å². The number of carbonyl (C=O) groups is 2. The summed E-state index contributed by atoms with van der Waals surface area (Å²) in [6.45, 7) is 2.82. The summed E-state index contributed by atoms with van der Waals surface area (Å²) < 4.78 is 28.6. The molecule has 0 atom stereocenters. The van der Waals surface area contributed by atoms with Gasteiger partial charge in [-0.05, 0) is 43.3 Å². The van der Waals surface area contributed by atoms with E-state index in [1.807, 2.05) is 35.8 Å². The number of nitrogens with one attached hydrogen (secondary N) is 2. The average Bonchev–Trinajstić information content (AvgIpc) is 3.14. The molecule has 1 aromatic heterocycles. The maximum atomic E-state index is 13.3. The summed E-state index contributed by atoms with van der Waals surface area (Å²) in [5, 5.41) is 15.5. The summed E-state index contributed by atoms with van der Waals surface area (Å²) in [5.41, 5.74) is 1.73. The number of fused-ring (bicyclic) bond motifs is 1. The molecular formula is C24H20F2N4O3. The van der Waals surface area contributed by atoms with E-state index in [-0.39, 0.29) is 29.1 Å². The first-order valence-corrected chi connectivity index (χ1v) is 10.2. The third-order valence-electron chi connectivity index (χ3n) is 5.08. The Morgan fingerprint density at radius 1 is 1.00 bits per heavy atom. The number of halogens is 2. The van der Waals surface area contributed by atoms with Crippen LogP contribution in [-0.2, 0) is 13.1 Å². The average molecular weight is 450 g/mol. The Balaban J connectivity index is 1.45. The quantitative estimate of drug-likeness (QED) is 0.410. The molecule has 3 aromatic carbocycles. The second-order valence-corrected chi connectivity index (χ2v) is 7.29. The molecule has 2 amide bonds. The van der Waals surface area contributed by atoms with Crippen LogP contribution in [0.3, 0.4) is 0 Å². The van der Waals surface area contributed by atoms with Gasteiger partial charge in [-0.25, -0.2) is 13.8 Å². The van der Waals surface area contributed by atoms with E-state index in [0.717, 1.165) is 23.2 Å². The molecule has 0 aliphatic carbocycles. The predicted molar refractivity (Wildman–Crippen MR) is 119 cm³/mol. The number of aromatic nitrogens is 2. The van der Waals surface area contributed by atoms with Gasteiger partial charge in [0, 0.05) is 29.9 Å². The van der Waals surface area contributed by atoms with Crippen LogP contribution < -0.4 is 10.6 Å². The van der Waals surface area contributed by atoms with E-state index in [1.54, 1.807) is 0 Å². The molecule has 0 radical (unpaired) electrons. The number of aromatic hydroxyl groups is 1. The van der Waals surface area contributed by atoms with Crippen LogP contribution in [0.15, 0.2) is 60.7 Å². The molecule has 33 heavy (non-hydrogen) atoms. The topological polar surface area (TPSA) is 96.2 Å². The van der Waals surface area contributed by atoms with E-state index in [0.29, 0.717) is 18.4 Å². The minimum Gasteiger partial charge on any atom is -0.507 e. The van der Waals surface area contributed by atoms with Crippen LogP contribution >= 0.6 is 0 Å². The van der Waals surface area contributed by atoms with Crippen molar-refractivity contribution in [3.05, 3.63) is 89.2 Å². The number of hydrogen-bond acceptors (Lipinski definition) is 4. The van der Waals surface area contributed by atoms with Gasteiger partial charge in [0.25, 0.3) is 11.8 Å². The molecule has 0 aliphatic heterocycles. The van der Waals surface area contributed by atoms with Crippen molar-refractivity contribution in [3.8, 4) is 5.75 Å². The number of aryl methyl sites for hydroxylation is 1. The Labute approximate surface area is 187 Å². The van der Waals surface area contributed by atoms with Gasteiger partial charge in [-0.1, -0.05) is 12.1 Å². The highest BCUT2D eigenvalue weighted by Gasteiger charge is 2.16. The van der Waals surface area contributed by atoms with Crippen LogP contribution in [0.4, 0.5) is 14.5 Å². The van der Waals surface area contributed by atoms with Gasteiger partial charge in [0.1, 0.15) is 23.2 Å². The van der Waals surface area contributed by atoms with Crippen molar-refractivity contribution in [2.24, 2.45) is 0 Å². The Morgan fingerprint density at radius 2 is 1.73 bits per heavy atom. The van der Waals surface area contributed by atoms with Gasteiger partial charge in [0.2, 0.25) is 0 Å². The molecule has 0 aliphatic rings. The number of phenols is 1. The first-order chi connectivity index (χ1) is 15.9. The van der Waals surface area contributed by atoms with Gasteiger partial charge >= 0.3 is 0 Å². The van der Waals surface area contributed by atoms with Crippen LogP contribution in [0.25, 0.3) is 11.0 Å². The number of imidazole rings is 1. The number of para-hydroxylation sites is 2. The highest BCUT2D eigenvalue weighted by Crippen LogP contribution is 2.23. The largest absolute Gasteiger partial charge is 0.507 e. The van der Waals surface area contributed by atoms with E-state index in [9.17, 15) is 23.5 Å². The van der Waals surface area contributed by atoms with E-state index < -0.39 is 23.4 Å². The molecular weight excluding hydrogens is 430 g/mol. The van der Waals surface area contributed by atoms with Crippen LogP contribution in [0.1, 0.15) is 33.5 Å². The number of phenolic OH excluding ortho intramolecular Hbond substituents is 1. The first kappa shape index (κ1) is 21.9. The fourth-order valence-electron chi connectivity index (χ4n) is 3.56. The summed E-state index contributed by atoms with van der Waals surface area (Å²) >= 11 is 0. The van der Waals surface area contributed by atoms with Crippen molar-refractivity contribution >= 4 is 28.5 Å². The molecule has 0 spiro atoms. The maximum absolute atomic E-state index is 13.3. The predicted octanol–water partition coefficient (Wildman–Crippen LogP) is 4.22. The van der Waals surface area contributed by atoms with E-state index >= 15 is 0 Å². The molecule has 9 heteroatoms. The molecule has 7 nitrogen and oxygen atoms in total. The molecule has 0 fully saturated rings. The van der Waals surface area contributed by atoms with Crippen molar-refractivity contribution in [2.75, 3.05) is 5.32 Å². The normalized spacial score (nSPS) is 10.9. The second kappa shape index (κ2) is 9.07. The number of anilines is 1. The van der Waals surface area contributed by atoms with Crippen molar-refractivity contribution in [2.45, 2.75) is 20.0 Å².